The molecule has 6 nitrogen and oxygen atoms in total. The van der Waals surface area contributed by atoms with Crippen molar-refractivity contribution >= 4 is 44.8 Å². The van der Waals surface area contributed by atoms with E-state index in [2.05, 4.69) is 5.32 Å². The van der Waals surface area contributed by atoms with E-state index in [1.807, 2.05) is 12.1 Å². The first-order valence-corrected chi connectivity index (χ1v) is 11.6. The van der Waals surface area contributed by atoms with Crippen molar-refractivity contribution in [3.63, 3.8) is 0 Å². The highest BCUT2D eigenvalue weighted by Crippen LogP contribution is 2.37. The minimum atomic E-state index is -2.98. The van der Waals surface area contributed by atoms with Crippen LogP contribution in [0.25, 0.3) is 0 Å². The lowest BCUT2D eigenvalue weighted by molar-refractivity contribution is 0.102. The molecule has 0 saturated carbocycles. The SMILES string of the molecule is COc1cc(Cl)c(NC(=O)c2ccccc2SC2CCS(=O)(=O)C2)cc1OC. The Morgan fingerprint density at radius 1 is 1.18 bits per heavy atom. The van der Waals surface area contributed by atoms with E-state index < -0.39 is 9.84 Å². The van der Waals surface area contributed by atoms with Gasteiger partial charge in [-0.05, 0) is 18.6 Å². The average molecular weight is 442 g/mol. The number of anilines is 1. The molecule has 28 heavy (non-hydrogen) atoms. The monoisotopic (exact) mass is 441 g/mol. The number of thioether (sulfide) groups is 1. The molecule has 2 aromatic rings. The summed E-state index contributed by atoms with van der Waals surface area (Å²) in [7, 11) is 0.0203. The van der Waals surface area contributed by atoms with Crippen LogP contribution in [0, 0.1) is 0 Å². The molecule has 1 amide bonds. The standard InChI is InChI=1S/C19H20ClNO5S2/c1-25-16-9-14(20)15(10-17(16)26-2)21-19(22)13-5-3-4-6-18(13)27-12-7-8-28(23,24)11-12/h3-6,9-10,12H,7-8,11H2,1-2H3,(H,21,22). The summed E-state index contributed by atoms with van der Waals surface area (Å²) in [4.78, 5) is 13.6. The van der Waals surface area contributed by atoms with E-state index in [9.17, 15) is 13.2 Å². The third kappa shape index (κ3) is 4.74. The number of amides is 1. The van der Waals surface area contributed by atoms with Gasteiger partial charge in [0.15, 0.2) is 21.3 Å². The number of methoxy groups -OCH3 is 2. The normalized spacial score (nSPS) is 17.9. The van der Waals surface area contributed by atoms with Crippen molar-refractivity contribution in [1.82, 2.24) is 0 Å². The van der Waals surface area contributed by atoms with Gasteiger partial charge in [0.05, 0.1) is 42.0 Å². The second-order valence-corrected chi connectivity index (χ2v) is 10.3. The molecule has 1 atom stereocenters. The van der Waals surface area contributed by atoms with Gasteiger partial charge in [-0.2, -0.15) is 0 Å². The molecular formula is C19H20ClNO5S2. The first kappa shape index (κ1) is 20.8. The highest BCUT2D eigenvalue weighted by Gasteiger charge is 2.29. The van der Waals surface area contributed by atoms with E-state index in [1.54, 1.807) is 24.3 Å². The maximum Gasteiger partial charge on any atom is 0.256 e. The largest absolute Gasteiger partial charge is 0.493 e. The summed E-state index contributed by atoms with van der Waals surface area (Å²) in [5.74, 6) is 0.901. The van der Waals surface area contributed by atoms with Gasteiger partial charge in [0.2, 0.25) is 0 Å². The van der Waals surface area contributed by atoms with E-state index in [-0.39, 0.29) is 22.7 Å². The van der Waals surface area contributed by atoms with Crippen molar-refractivity contribution in [2.75, 3.05) is 31.0 Å². The van der Waals surface area contributed by atoms with Gasteiger partial charge in [0, 0.05) is 22.3 Å². The molecule has 0 aliphatic carbocycles. The van der Waals surface area contributed by atoms with Gasteiger partial charge in [-0.1, -0.05) is 23.7 Å². The Balaban J connectivity index is 1.82. The minimum Gasteiger partial charge on any atom is -0.493 e. The molecule has 1 unspecified atom stereocenters. The predicted molar refractivity (Wildman–Crippen MR) is 112 cm³/mol. The third-order valence-corrected chi connectivity index (χ3v) is 7.97. The number of ether oxygens (including phenoxy) is 2. The molecule has 1 aliphatic heterocycles. The van der Waals surface area contributed by atoms with Gasteiger partial charge >= 0.3 is 0 Å². The lowest BCUT2D eigenvalue weighted by Crippen LogP contribution is -2.14. The summed E-state index contributed by atoms with van der Waals surface area (Å²) in [6, 6.07) is 10.3. The van der Waals surface area contributed by atoms with Gasteiger partial charge in [-0.25, -0.2) is 8.42 Å². The lowest BCUT2D eigenvalue weighted by Gasteiger charge is -2.15. The molecule has 1 aliphatic rings. The zero-order chi connectivity index (χ0) is 20.3. The number of benzene rings is 2. The van der Waals surface area contributed by atoms with E-state index >= 15 is 0 Å². The van der Waals surface area contributed by atoms with Crippen LogP contribution in [0.3, 0.4) is 0 Å². The molecule has 1 heterocycles. The highest BCUT2D eigenvalue weighted by atomic mass is 35.5. The molecule has 9 heteroatoms. The molecule has 1 fully saturated rings. The summed E-state index contributed by atoms with van der Waals surface area (Å²) in [5, 5.41) is 3.06. The number of rotatable bonds is 6. The van der Waals surface area contributed by atoms with Crippen LogP contribution in [0.4, 0.5) is 5.69 Å². The number of carbonyl (C=O) groups excluding carboxylic acids is 1. The first-order valence-electron chi connectivity index (χ1n) is 8.52. The molecule has 0 spiro atoms. The minimum absolute atomic E-state index is 0.0522. The maximum atomic E-state index is 12.9. The fourth-order valence-corrected chi connectivity index (χ4v) is 6.76. The topological polar surface area (TPSA) is 81.7 Å². The molecular weight excluding hydrogens is 422 g/mol. The lowest BCUT2D eigenvalue weighted by atomic mass is 10.2. The van der Waals surface area contributed by atoms with Crippen LogP contribution in [0.5, 0.6) is 11.5 Å². The summed E-state index contributed by atoms with van der Waals surface area (Å²) in [6.45, 7) is 0. The van der Waals surface area contributed by atoms with Crippen LogP contribution in [0.2, 0.25) is 5.02 Å². The zero-order valence-electron chi connectivity index (χ0n) is 15.4. The Hall–Kier alpha value is -1.90. The second kappa shape index (κ2) is 8.63. The Bertz CT molecular complexity index is 994. The van der Waals surface area contributed by atoms with Crippen molar-refractivity contribution in [1.29, 1.82) is 0 Å². The molecule has 1 saturated heterocycles. The van der Waals surface area contributed by atoms with Crippen LogP contribution in [0.1, 0.15) is 16.8 Å². The van der Waals surface area contributed by atoms with Crippen LogP contribution in [-0.4, -0.2) is 45.3 Å². The number of halogens is 1. The highest BCUT2D eigenvalue weighted by molar-refractivity contribution is 8.02. The van der Waals surface area contributed by atoms with Gasteiger partial charge in [0.1, 0.15) is 0 Å². The molecule has 0 bridgehead atoms. The van der Waals surface area contributed by atoms with Crippen molar-refractivity contribution in [2.45, 2.75) is 16.6 Å². The summed E-state index contributed by atoms with van der Waals surface area (Å²) < 4.78 is 33.9. The predicted octanol–water partition coefficient (Wildman–Crippen LogP) is 3.89. The molecule has 0 radical (unpaired) electrons. The molecule has 0 aromatic heterocycles. The Kier molecular flexibility index (Phi) is 6.42. The van der Waals surface area contributed by atoms with Crippen molar-refractivity contribution in [2.24, 2.45) is 0 Å². The zero-order valence-corrected chi connectivity index (χ0v) is 17.8. The summed E-state index contributed by atoms with van der Waals surface area (Å²) >= 11 is 7.67. The van der Waals surface area contributed by atoms with E-state index in [0.29, 0.717) is 34.2 Å². The Morgan fingerprint density at radius 2 is 1.86 bits per heavy atom. The smallest absolute Gasteiger partial charge is 0.256 e. The fourth-order valence-electron chi connectivity index (χ4n) is 2.93. The number of nitrogens with one attached hydrogen (secondary N) is 1. The van der Waals surface area contributed by atoms with Crippen LogP contribution in [-0.2, 0) is 9.84 Å². The average Bonchev–Trinajstić information content (AvgIpc) is 3.01. The van der Waals surface area contributed by atoms with Crippen LogP contribution in [0.15, 0.2) is 41.3 Å². The van der Waals surface area contributed by atoms with Gasteiger partial charge in [-0.15, -0.1) is 11.8 Å². The molecule has 150 valence electrons. The molecule has 3 rings (SSSR count). The molecule has 2 aromatic carbocycles. The number of carbonyl (C=O) groups is 1. The quantitative estimate of drug-likeness (QED) is 0.732. The van der Waals surface area contributed by atoms with Gasteiger partial charge in [0.25, 0.3) is 5.91 Å². The summed E-state index contributed by atoms with van der Waals surface area (Å²) in [6.07, 6.45) is 0.588. The Morgan fingerprint density at radius 3 is 2.50 bits per heavy atom. The van der Waals surface area contributed by atoms with E-state index in [1.165, 1.54) is 26.0 Å². The van der Waals surface area contributed by atoms with Crippen molar-refractivity contribution < 1.29 is 22.7 Å². The van der Waals surface area contributed by atoms with Crippen molar-refractivity contribution in [3.8, 4) is 11.5 Å². The Labute approximate surface area is 173 Å². The van der Waals surface area contributed by atoms with E-state index in [0.717, 1.165) is 4.90 Å². The van der Waals surface area contributed by atoms with E-state index in [4.69, 9.17) is 21.1 Å². The third-order valence-electron chi connectivity index (χ3n) is 4.34. The number of sulfone groups is 1. The van der Waals surface area contributed by atoms with Gasteiger partial charge in [-0.3, -0.25) is 4.79 Å². The van der Waals surface area contributed by atoms with Gasteiger partial charge < -0.3 is 14.8 Å². The maximum absolute atomic E-state index is 12.9. The van der Waals surface area contributed by atoms with Crippen LogP contribution >= 0.6 is 23.4 Å². The van der Waals surface area contributed by atoms with Crippen LogP contribution < -0.4 is 14.8 Å². The first-order chi connectivity index (χ1) is 13.3. The second-order valence-electron chi connectivity index (χ2n) is 6.28. The number of hydrogen-bond donors (Lipinski definition) is 1. The summed E-state index contributed by atoms with van der Waals surface area (Å²) in [5.41, 5.74) is 0.857. The van der Waals surface area contributed by atoms with Crippen molar-refractivity contribution in [3.05, 3.63) is 47.0 Å². The fraction of sp³-hybridized carbons (Fsp3) is 0.316. The molecule has 1 N–H and O–H groups in total. The number of hydrogen-bond acceptors (Lipinski definition) is 6.